The van der Waals surface area contributed by atoms with Gasteiger partial charge in [-0.3, -0.25) is 9.59 Å². The number of hydrogen-bond donors (Lipinski definition) is 1. The molecule has 0 saturated carbocycles. The van der Waals surface area contributed by atoms with Crippen LogP contribution in [0.25, 0.3) is 5.69 Å². The summed E-state index contributed by atoms with van der Waals surface area (Å²) < 4.78 is 81.0. The van der Waals surface area contributed by atoms with Crippen LogP contribution in [0.3, 0.4) is 0 Å². The number of hydrogen-bond acceptors (Lipinski definition) is 3. The Morgan fingerprint density at radius 2 is 1.44 bits per heavy atom. The molecule has 3 aromatic rings. The standard InChI is InChI=1S/C27H28F6N4O2/c1-6-36(24(39)17-11-18(26(28,29)30)13-19(12-17)27(31,32)33)15-23(38)34-22-14-21(25(3,4)5)35-37(22)20-9-7-16(2)8-10-20/h7-14H,6,15H2,1-5H3,(H,34,38). The molecule has 3 rings (SSSR count). The number of amides is 2. The molecule has 0 bridgehead atoms. The van der Waals surface area contributed by atoms with E-state index in [-0.39, 0.29) is 23.8 Å². The number of anilines is 1. The highest BCUT2D eigenvalue weighted by Gasteiger charge is 2.38. The first-order valence-corrected chi connectivity index (χ1v) is 12.0. The molecule has 0 fully saturated rings. The van der Waals surface area contributed by atoms with Crippen LogP contribution in [-0.2, 0) is 22.6 Å². The summed E-state index contributed by atoms with van der Waals surface area (Å²) in [6.45, 7) is 8.41. The number of carbonyl (C=O) groups excluding carboxylic acids is 2. The van der Waals surface area contributed by atoms with Gasteiger partial charge >= 0.3 is 12.4 Å². The van der Waals surface area contributed by atoms with Crippen LogP contribution in [0.1, 0.15) is 60.4 Å². The average molecular weight is 555 g/mol. The van der Waals surface area contributed by atoms with Crippen LogP contribution in [0.4, 0.5) is 32.2 Å². The molecule has 2 aromatic carbocycles. The van der Waals surface area contributed by atoms with Gasteiger partial charge in [-0.05, 0) is 44.2 Å². The first-order valence-electron chi connectivity index (χ1n) is 12.0. The van der Waals surface area contributed by atoms with E-state index in [9.17, 15) is 35.9 Å². The van der Waals surface area contributed by atoms with Gasteiger partial charge in [0.1, 0.15) is 12.4 Å². The molecule has 0 aliphatic carbocycles. The van der Waals surface area contributed by atoms with E-state index in [1.165, 1.54) is 11.6 Å². The second-order valence-electron chi connectivity index (χ2n) is 10.1. The zero-order valence-corrected chi connectivity index (χ0v) is 22.0. The maximum absolute atomic E-state index is 13.3. The molecule has 1 N–H and O–H groups in total. The van der Waals surface area contributed by atoms with Crippen LogP contribution in [-0.4, -0.2) is 39.6 Å². The summed E-state index contributed by atoms with van der Waals surface area (Å²) in [4.78, 5) is 26.8. The number of benzene rings is 2. The second kappa shape index (κ2) is 10.7. The van der Waals surface area contributed by atoms with Gasteiger partial charge in [0.05, 0.1) is 22.5 Å². The summed E-state index contributed by atoms with van der Waals surface area (Å²) in [5.41, 5.74) is -2.11. The van der Waals surface area contributed by atoms with Gasteiger partial charge in [0.25, 0.3) is 5.91 Å². The number of aromatic nitrogens is 2. The number of nitrogens with one attached hydrogen (secondary N) is 1. The highest BCUT2D eigenvalue weighted by atomic mass is 19.4. The number of nitrogens with zero attached hydrogens (tertiary/aromatic N) is 3. The lowest BCUT2D eigenvalue weighted by Crippen LogP contribution is -2.38. The smallest absolute Gasteiger partial charge is 0.330 e. The maximum Gasteiger partial charge on any atom is 0.416 e. The number of rotatable bonds is 6. The SMILES string of the molecule is CCN(CC(=O)Nc1cc(C(C)(C)C)nn1-c1ccc(C)cc1)C(=O)c1cc(C(F)(F)F)cc(C(F)(F)F)c1. The molecule has 6 nitrogen and oxygen atoms in total. The maximum atomic E-state index is 13.3. The third-order valence-corrected chi connectivity index (χ3v) is 5.86. The fourth-order valence-corrected chi connectivity index (χ4v) is 3.66. The molecule has 0 saturated heterocycles. The van der Waals surface area contributed by atoms with Crippen molar-refractivity contribution < 1.29 is 35.9 Å². The molecule has 0 aliphatic heterocycles. The van der Waals surface area contributed by atoms with Crippen molar-refractivity contribution in [2.45, 2.75) is 52.4 Å². The lowest BCUT2D eigenvalue weighted by molar-refractivity contribution is -0.143. The molecule has 0 aliphatic rings. The molecule has 0 atom stereocenters. The number of halogens is 6. The van der Waals surface area contributed by atoms with Gasteiger partial charge in [0.2, 0.25) is 5.91 Å². The predicted octanol–water partition coefficient (Wildman–Crippen LogP) is 6.62. The van der Waals surface area contributed by atoms with Crippen molar-refractivity contribution in [2.24, 2.45) is 0 Å². The fourth-order valence-electron chi connectivity index (χ4n) is 3.66. The topological polar surface area (TPSA) is 67.2 Å². The van der Waals surface area contributed by atoms with Crippen molar-refractivity contribution >= 4 is 17.6 Å². The number of carbonyl (C=O) groups is 2. The second-order valence-corrected chi connectivity index (χ2v) is 10.1. The van der Waals surface area contributed by atoms with Gasteiger partial charge < -0.3 is 10.2 Å². The van der Waals surface area contributed by atoms with Gasteiger partial charge in [-0.1, -0.05) is 38.5 Å². The highest BCUT2D eigenvalue weighted by molar-refractivity contribution is 5.99. The van der Waals surface area contributed by atoms with Gasteiger partial charge in [0.15, 0.2) is 0 Å². The van der Waals surface area contributed by atoms with Crippen molar-refractivity contribution in [1.29, 1.82) is 0 Å². The molecule has 210 valence electrons. The van der Waals surface area contributed by atoms with Crippen molar-refractivity contribution in [2.75, 3.05) is 18.4 Å². The van der Waals surface area contributed by atoms with E-state index in [0.29, 0.717) is 23.5 Å². The van der Waals surface area contributed by atoms with E-state index < -0.39 is 47.4 Å². The number of likely N-dealkylation sites (N-methyl/N-ethyl adjacent to an activating group) is 1. The molecule has 0 unspecified atom stereocenters. The van der Waals surface area contributed by atoms with E-state index in [2.05, 4.69) is 10.4 Å². The third-order valence-electron chi connectivity index (χ3n) is 5.86. The van der Waals surface area contributed by atoms with Gasteiger partial charge in [-0.2, -0.15) is 31.4 Å². The highest BCUT2D eigenvalue weighted by Crippen LogP contribution is 2.36. The summed E-state index contributed by atoms with van der Waals surface area (Å²) in [6, 6.07) is 9.64. The lowest BCUT2D eigenvalue weighted by atomic mass is 9.92. The minimum Gasteiger partial charge on any atom is -0.330 e. The van der Waals surface area contributed by atoms with Crippen molar-refractivity contribution in [1.82, 2.24) is 14.7 Å². The normalized spacial score (nSPS) is 12.4. The van der Waals surface area contributed by atoms with Crippen LogP contribution in [0.2, 0.25) is 0 Å². The zero-order chi connectivity index (χ0) is 29.3. The average Bonchev–Trinajstić information content (AvgIpc) is 3.25. The van der Waals surface area contributed by atoms with Crippen molar-refractivity contribution in [3.8, 4) is 5.69 Å². The fraction of sp³-hybridized carbons (Fsp3) is 0.370. The van der Waals surface area contributed by atoms with Crippen LogP contribution in [0.5, 0.6) is 0 Å². The number of alkyl halides is 6. The first-order chi connectivity index (χ1) is 17.9. The summed E-state index contributed by atoms with van der Waals surface area (Å²) in [5.74, 6) is -1.57. The van der Waals surface area contributed by atoms with Crippen LogP contribution >= 0.6 is 0 Å². The Morgan fingerprint density at radius 3 is 1.90 bits per heavy atom. The molecular weight excluding hydrogens is 526 g/mol. The molecule has 12 heteroatoms. The molecule has 0 radical (unpaired) electrons. The Morgan fingerprint density at radius 1 is 0.897 bits per heavy atom. The van der Waals surface area contributed by atoms with Crippen LogP contribution in [0, 0.1) is 6.92 Å². The summed E-state index contributed by atoms with van der Waals surface area (Å²) in [5, 5.41) is 7.26. The Hall–Kier alpha value is -3.83. The monoisotopic (exact) mass is 554 g/mol. The largest absolute Gasteiger partial charge is 0.416 e. The zero-order valence-electron chi connectivity index (χ0n) is 22.0. The van der Waals surface area contributed by atoms with Gasteiger partial charge in [0, 0.05) is 23.6 Å². The van der Waals surface area contributed by atoms with Crippen molar-refractivity contribution in [3.05, 3.63) is 76.5 Å². The van der Waals surface area contributed by atoms with E-state index >= 15 is 0 Å². The quantitative estimate of drug-likeness (QED) is 0.349. The third kappa shape index (κ3) is 7.18. The van der Waals surface area contributed by atoms with Gasteiger partial charge in [-0.25, -0.2) is 4.68 Å². The Balaban J connectivity index is 1.90. The molecule has 1 heterocycles. The lowest BCUT2D eigenvalue weighted by Gasteiger charge is -2.22. The van der Waals surface area contributed by atoms with Crippen molar-refractivity contribution in [3.63, 3.8) is 0 Å². The van der Waals surface area contributed by atoms with E-state index in [1.807, 2.05) is 39.8 Å². The van der Waals surface area contributed by atoms with Crippen LogP contribution in [0.15, 0.2) is 48.5 Å². The summed E-state index contributed by atoms with van der Waals surface area (Å²) in [7, 11) is 0. The van der Waals surface area contributed by atoms with E-state index in [0.717, 1.165) is 10.5 Å². The molecule has 1 aromatic heterocycles. The minimum absolute atomic E-state index is 0.0567. The van der Waals surface area contributed by atoms with E-state index in [4.69, 9.17) is 0 Å². The molecule has 39 heavy (non-hydrogen) atoms. The molecule has 0 spiro atoms. The molecular formula is C27H28F6N4O2. The number of aryl methyl sites for hydroxylation is 1. The Kier molecular flexibility index (Phi) is 8.18. The van der Waals surface area contributed by atoms with Crippen LogP contribution < -0.4 is 5.32 Å². The predicted molar refractivity (Wildman–Crippen MR) is 134 cm³/mol. The van der Waals surface area contributed by atoms with Gasteiger partial charge in [-0.15, -0.1) is 0 Å². The summed E-state index contributed by atoms with van der Waals surface area (Å²) in [6.07, 6.45) is -10.2. The Bertz CT molecular complexity index is 1320. The Labute approximate surface area is 221 Å². The minimum atomic E-state index is -5.11. The molecule has 2 amide bonds. The first kappa shape index (κ1) is 29.7. The summed E-state index contributed by atoms with van der Waals surface area (Å²) >= 11 is 0. The van der Waals surface area contributed by atoms with E-state index in [1.54, 1.807) is 18.2 Å².